The third kappa shape index (κ3) is 3.22. The Morgan fingerprint density at radius 1 is 1.40 bits per heavy atom. The number of amides is 1. The molecule has 9 heteroatoms. The molecule has 0 radical (unpaired) electrons. The highest BCUT2D eigenvalue weighted by Crippen LogP contribution is 2.26. The van der Waals surface area contributed by atoms with Gasteiger partial charge in [0.15, 0.2) is 0 Å². The number of hydrogen-bond acceptors (Lipinski definition) is 3. The molecule has 0 aromatic heterocycles. The van der Waals surface area contributed by atoms with Gasteiger partial charge in [0.25, 0.3) is 11.6 Å². The molecular formula is C11H10F4N2O3. The summed E-state index contributed by atoms with van der Waals surface area (Å²) >= 11 is 0. The minimum absolute atomic E-state index is 0.0292. The lowest BCUT2D eigenvalue weighted by Gasteiger charge is -2.22. The van der Waals surface area contributed by atoms with Crippen molar-refractivity contribution in [3.05, 3.63) is 39.9 Å². The van der Waals surface area contributed by atoms with Crippen LogP contribution in [-0.4, -0.2) is 35.1 Å². The maximum absolute atomic E-state index is 12.9. The highest BCUT2D eigenvalue weighted by molar-refractivity contribution is 5.83. The van der Waals surface area contributed by atoms with Crippen LogP contribution in [0.2, 0.25) is 0 Å². The Hall–Kier alpha value is -2.19. The number of hydrogen-bond donors (Lipinski definition) is 0. The number of alkyl halides is 4. The molecule has 0 bridgehead atoms. The number of carbonyl (C=O) groups excluding carboxylic acids is 1. The molecule has 20 heavy (non-hydrogen) atoms. The fourth-order valence-electron chi connectivity index (χ4n) is 1.50. The van der Waals surface area contributed by atoms with Crippen molar-refractivity contribution in [1.29, 1.82) is 0 Å². The summed E-state index contributed by atoms with van der Waals surface area (Å²) in [5.74, 6) is -6.91. The molecule has 0 aliphatic rings. The van der Waals surface area contributed by atoms with E-state index in [4.69, 9.17) is 0 Å². The van der Waals surface area contributed by atoms with E-state index in [0.717, 1.165) is 13.1 Å². The van der Waals surface area contributed by atoms with Crippen molar-refractivity contribution < 1.29 is 27.3 Å². The molecule has 0 fully saturated rings. The zero-order chi connectivity index (χ0) is 15.5. The molecule has 0 unspecified atom stereocenters. The number of halogens is 4. The average molecular weight is 294 g/mol. The molecule has 1 aromatic rings. The number of rotatable bonds is 5. The highest BCUT2D eigenvalue weighted by atomic mass is 19.3. The van der Waals surface area contributed by atoms with Crippen molar-refractivity contribution in [2.24, 2.45) is 0 Å². The second-order valence-electron chi connectivity index (χ2n) is 3.97. The lowest BCUT2D eigenvalue weighted by molar-refractivity contribution is -0.385. The van der Waals surface area contributed by atoms with Gasteiger partial charge < -0.3 is 4.90 Å². The summed E-state index contributed by atoms with van der Waals surface area (Å²) in [6.07, 6.45) is -4.14. The summed E-state index contributed by atoms with van der Waals surface area (Å²) in [5.41, 5.74) is -0.411. The smallest absolute Gasteiger partial charge is 0.336 e. The number of nitrogens with zero attached hydrogens (tertiary/aromatic N) is 2. The van der Waals surface area contributed by atoms with Gasteiger partial charge in [-0.3, -0.25) is 14.9 Å². The Morgan fingerprint density at radius 2 is 1.95 bits per heavy atom. The molecule has 0 atom stereocenters. The molecule has 1 amide bonds. The maximum Gasteiger partial charge on any atom is 0.383 e. The van der Waals surface area contributed by atoms with Gasteiger partial charge in [0.2, 0.25) is 0 Å². The summed E-state index contributed by atoms with van der Waals surface area (Å²) in [4.78, 5) is 21.5. The van der Waals surface area contributed by atoms with Gasteiger partial charge in [-0.1, -0.05) is 18.2 Å². The third-order valence-corrected chi connectivity index (χ3v) is 2.50. The zero-order valence-electron chi connectivity index (χ0n) is 10.2. The van der Waals surface area contributed by atoms with Crippen molar-refractivity contribution in [3.8, 4) is 0 Å². The van der Waals surface area contributed by atoms with Gasteiger partial charge in [-0.05, 0) is 0 Å². The van der Waals surface area contributed by atoms with Crippen LogP contribution >= 0.6 is 0 Å². The van der Waals surface area contributed by atoms with Crippen LogP contribution in [0.15, 0.2) is 24.3 Å². The Bertz CT molecular complexity index is 522. The van der Waals surface area contributed by atoms with Crippen molar-refractivity contribution in [2.75, 3.05) is 7.05 Å². The highest BCUT2D eigenvalue weighted by Gasteiger charge is 2.50. The van der Waals surface area contributed by atoms with Gasteiger partial charge in [0, 0.05) is 18.7 Å². The lowest BCUT2D eigenvalue weighted by Crippen LogP contribution is -2.45. The van der Waals surface area contributed by atoms with E-state index in [0.29, 0.717) is 4.90 Å². The van der Waals surface area contributed by atoms with Crippen LogP contribution in [0.4, 0.5) is 23.2 Å². The van der Waals surface area contributed by atoms with Gasteiger partial charge in [0.05, 0.1) is 11.5 Å². The Kier molecular flexibility index (Phi) is 4.64. The molecule has 0 aliphatic carbocycles. The fourth-order valence-corrected chi connectivity index (χ4v) is 1.50. The van der Waals surface area contributed by atoms with Gasteiger partial charge in [-0.15, -0.1) is 0 Å². The normalized spacial score (nSPS) is 11.5. The molecule has 0 heterocycles. The van der Waals surface area contributed by atoms with Crippen LogP contribution in [-0.2, 0) is 11.3 Å². The molecule has 0 aliphatic heterocycles. The quantitative estimate of drug-likeness (QED) is 0.476. The molecule has 1 aromatic carbocycles. The van der Waals surface area contributed by atoms with E-state index in [1.165, 1.54) is 18.2 Å². The first-order valence-corrected chi connectivity index (χ1v) is 5.31. The predicted octanol–water partition coefficient (Wildman–Crippen LogP) is 2.45. The lowest BCUT2D eigenvalue weighted by atomic mass is 10.1. The average Bonchev–Trinajstić information content (AvgIpc) is 2.37. The number of benzene rings is 1. The standard InChI is InChI=1S/C11H10F4N2O3/c1-16(10(18)11(14,15)9(12)13)6-7-4-2-3-5-8(7)17(19)20/h2-5,9H,6H2,1H3. The van der Waals surface area contributed by atoms with E-state index in [9.17, 15) is 32.5 Å². The van der Waals surface area contributed by atoms with E-state index < -0.39 is 29.7 Å². The van der Waals surface area contributed by atoms with Crippen molar-refractivity contribution in [3.63, 3.8) is 0 Å². The Balaban J connectivity index is 2.95. The monoisotopic (exact) mass is 294 g/mol. The summed E-state index contributed by atoms with van der Waals surface area (Å²) in [7, 11) is 0.870. The fraction of sp³-hybridized carbons (Fsp3) is 0.364. The van der Waals surface area contributed by atoms with Crippen molar-refractivity contribution in [2.45, 2.75) is 18.9 Å². The number of nitro groups is 1. The Morgan fingerprint density at radius 3 is 2.45 bits per heavy atom. The van der Waals surface area contributed by atoms with Gasteiger partial charge in [0.1, 0.15) is 0 Å². The molecular weight excluding hydrogens is 284 g/mol. The van der Waals surface area contributed by atoms with E-state index in [2.05, 4.69) is 0 Å². The first-order valence-electron chi connectivity index (χ1n) is 5.31. The van der Waals surface area contributed by atoms with Crippen LogP contribution in [0.1, 0.15) is 5.56 Å². The molecule has 0 saturated carbocycles. The number of para-hydroxylation sites is 1. The first-order chi connectivity index (χ1) is 9.17. The van der Waals surface area contributed by atoms with E-state index in [-0.39, 0.29) is 11.3 Å². The second-order valence-corrected chi connectivity index (χ2v) is 3.97. The topological polar surface area (TPSA) is 63.4 Å². The summed E-state index contributed by atoms with van der Waals surface area (Å²) in [5, 5.41) is 10.7. The van der Waals surface area contributed by atoms with Crippen LogP contribution in [0, 0.1) is 10.1 Å². The van der Waals surface area contributed by atoms with Crippen molar-refractivity contribution in [1.82, 2.24) is 4.90 Å². The molecule has 0 N–H and O–H groups in total. The summed E-state index contributed by atoms with van der Waals surface area (Å²) < 4.78 is 49.9. The maximum atomic E-state index is 12.9. The van der Waals surface area contributed by atoms with Crippen molar-refractivity contribution >= 4 is 11.6 Å². The molecule has 1 rings (SSSR count). The minimum Gasteiger partial charge on any atom is -0.336 e. The summed E-state index contributed by atoms with van der Waals surface area (Å²) in [6, 6.07) is 5.14. The van der Waals surface area contributed by atoms with E-state index in [1.807, 2.05) is 0 Å². The first kappa shape index (κ1) is 15.9. The predicted molar refractivity (Wildman–Crippen MR) is 60.5 cm³/mol. The zero-order valence-corrected chi connectivity index (χ0v) is 10.2. The van der Waals surface area contributed by atoms with E-state index >= 15 is 0 Å². The molecule has 5 nitrogen and oxygen atoms in total. The molecule has 0 spiro atoms. The minimum atomic E-state index is -4.82. The van der Waals surface area contributed by atoms with E-state index in [1.54, 1.807) is 0 Å². The van der Waals surface area contributed by atoms with Gasteiger partial charge >= 0.3 is 12.3 Å². The van der Waals surface area contributed by atoms with Crippen LogP contribution in [0.3, 0.4) is 0 Å². The van der Waals surface area contributed by atoms with Crippen LogP contribution < -0.4 is 0 Å². The van der Waals surface area contributed by atoms with Gasteiger partial charge in [-0.25, -0.2) is 8.78 Å². The van der Waals surface area contributed by atoms with Gasteiger partial charge in [-0.2, -0.15) is 8.78 Å². The number of nitro benzene ring substituents is 1. The Labute approximate surface area is 110 Å². The van der Waals surface area contributed by atoms with Crippen LogP contribution in [0.25, 0.3) is 0 Å². The second kappa shape index (κ2) is 5.85. The third-order valence-electron chi connectivity index (χ3n) is 2.50. The largest absolute Gasteiger partial charge is 0.383 e. The SMILES string of the molecule is CN(Cc1ccccc1[N+](=O)[O-])C(=O)C(F)(F)C(F)F. The summed E-state index contributed by atoms with van der Waals surface area (Å²) in [6.45, 7) is -0.571. The molecule has 0 saturated heterocycles. The number of carbonyl (C=O) groups is 1. The molecule has 110 valence electrons. The van der Waals surface area contributed by atoms with Crippen LogP contribution in [0.5, 0.6) is 0 Å².